The number of aryl methyl sites for hydroxylation is 1. The third kappa shape index (κ3) is 3.00. The number of aliphatic hydroxyl groups is 2. The predicted molar refractivity (Wildman–Crippen MR) is 70.3 cm³/mol. The normalized spacial score (nSPS) is 11.3. The van der Waals surface area contributed by atoms with Gasteiger partial charge in [-0.2, -0.15) is 0 Å². The van der Waals surface area contributed by atoms with Crippen molar-refractivity contribution in [3.8, 4) is 0 Å². The Morgan fingerprint density at radius 2 is 2.00 bits per heavy atom. The molecule has 0 spiro atoms. The van der Waals surface area contributed by atoms with Crippen molar-refractivity contribution < 1.29 is 15.0 Å². The monoisotopic (exact) mass is 252 g/mol. The Bertz CT molecular complexity index is 420. The Hall–Kier alpha value is -1.59. The van der Waals surface area contributed by atoms with Gasteiger partial charge in [0.05, 0.1) is 24.3 Å². The van der Waals surface area contributed by atoms with Gasteiger partial charge in [-0.15, -0.1) is 0 Å². The molecular formula is C13H20N2O3. The van der Waals surface area contributed by atoms with Crippen LogP contribution in [-0.2, 0) is 0 Å². The maximum atomic E-state index is 12.1. The van der Waals surface area contributed by atoms with Gasteiger partial charge in [-0.25, -0.2) is 0 Å². The SMILES string of the molecule is CCC(CO)(CO)NC(=O)c1cc(C)ccc1N. The van der Waals surface area contributed by atoms with E-state index in [9.17, 15) is 15.0 Å². The summed E-state index contributed by atoms with van der Waals surface area (Å²) < 4.78 is 0. The number of rotatable bonds is 5. The van der Waals surface area contributed by atoms with Crippen molar-refractivity contribution in [3.05, 3.63) is 29.3 Å². The molecule has 0 heterocycles. The molecule has 0 aliphatic rings. The van der Waals surface area contributed by atoms with Crippen LogP contribution in [0.1, 0.15) is 29.3 Å². The molecule has 0 aromatic heterocycles. The molecule has 1 amide bonds. The van der Waals surface area contributed by atoms with Crippen molar-refractivity contribution in [1.29, 1.82) is 0 Å². The number of anilines is 1. The molecule has 5 heteroatoms. The van der Waals surface area contributed by atoms with E-state index < -0.39 is 5.54 Å². The Morgan fingerprint density at radius 3 is 2.50 bits per heavy atom. The Kier molecular flexibility index (Phi) is 4.69. The van der Waals surface area contributed by atoms with Crippen LogP contribution in [0.2, 0.25) is 0 Å². The highest BCUT2D eigenvalue weighted by atomic mass is 16.3. The van der Waals surface area contributed by atoms with Crippen LogP contribution < -0.4 is 11.1 Å². The quantitative estimate of drug-likeness (QED) is 0.572. The molecule has 0 fully saturated rings. The van der Waals surface area contributed by atoms with Gasteiger partial charge in [-0.3, -0.25) is 4.79 Å². The van der Waals surface area contributed by atoms with E-state index >= 15 is 0 Å². The predicted octanol–water partition coefficient (Wildman–Crippen LogP) is 0.440. The van der Waals surface area contributed by atoms with Crippen LogP contribution in [0.5, 0.6) is 0 Å². The fraction of sp³-hybridized carbons (Fsp3) is 0.462. The number of carbonyl (C=O) groups excluding carboxylic acids is 1. The molecule has 1 rings (SSSR count). The molecule has 0 saturated heterocycles. The van der Waals surface area contributed by atoms with Crippen LogP contribution in [-0.4, -0.2) is 34.9 Å². The van der Waals surface area contributed by atoms with Gasteiger partial charge in [0.2, 0.25) is 0 Å². The first-order chi connectivity index (χ1) is 8.48. The molecule has 0 atom stereocenters. The Morgan fingerprint density at radius 1 is 1.39 bits per heavy atom. The van der Waals surface area contributed by atoms with Crippen molar-refractivity contribution in [2.75, 3.05) is 18.9 Å². The zero-order valence-corrected chi connectivity index (χ0v) is 10.7. The molecular weight excluding hydrogens is 232 g/mol. The molecule has 0 aliphatic heterocycles. The number of aliphatic hydroxyl groups excluding tert-OH is 2. The minimum atomic E-state index is -1.01. The number of nitrogens with two attached hydrogens (primary N) is 1. The van der Waals surface area contributed by atoms with E-state index in [1.165, 1.54) is 0 Å². The van der Waals surface area contributed by atoms with Crippen LogP contribution in [0.25, 0.3) is 0 Å². The fourth-order valence-corrected chi connectivity index (χ4v) is 1.62. The number of hydrogen-bond acceptors (Lipinski definition) is 4. The average Bonchev–Trinajstić information content (AvgIpc) is 2.38. The van der Waals surface area contributed by atoms with Crippen molar-refractivity contribution in [2.45, 2.75) is 25.8 Å². The van der Waals surface area contributed by atoms with E-state index in [0.29, 0.717) is 17.7 Å². The lowest BCUT2D eigenvalue weighted by molar-refractivity contribution is 0.0653. The van der Waals surface area contributed by atoms with Crippen molar-refractivity contribution in [3.63, 3.8) is 0 Å². The summed E-state index contributed by atoms with van der Waals surface area (Å²) in [6.45, 7) is 3.00. The van der Waals surface area contributed by atoms with Crippen molar-refractivity contribution in [1.82, 2.24) is 5.32 Å². The summed E-state index contributed by atoms with van der Waals surface area (Å²) in [5, 5.41) is 21.2. The summed E-state index contributed by atoms with van der Waals surface area (Å²) in [4.78, 5) is 12.1. The van der Waals surface area contributed by atoms with Gasteiger partial charge in [0, 0.05) is 5.69 Å². The van der Waals surface area contributed by atoms with E-state index in [1.807, 2.05) is 13.0 Å². The minimum Gasteiger partial charge on any atom is -0.398 e. The van der Waals surface area contributed by atoms with Gasteiger partial charge in [0.25, 0.3) is 5.91 Å². The molecule has 0 saturated carbocycles. The molecule has 0 aliphatic carbocycles. The highest BCUT2D eigenvalue weighted by molar-refractivity contribution is 5.99. The third-order valence-corrected chi connectivity index (χ3v) is 3.11. The maximum Gasteiger partial charge on any atom is 0.253 e. The van der Waals surface area contributed by atoms with E-state index in [0.717, 1.165) is 5.56 Å². The van der Waals surface area contributed by atoms with Crippen LogP contribution >= 0.6 is 0 Å². The number of nitrogens with one attached hydrogen (secondary N) is 1. The number of amides is 1. The first kappa shape index (κ1) is 14.5. The first-order valence-corrected chi connectivity index (χ1v) is 5.88. The summed E-state index contributed by atoms with van der Waals surface area (Å²) >= 11 is 0. The van der Waals surface area contributed by atoms with Gasteiger partial charge in [-0.1, -0.05) is 18.6 Å². The number of benzene rings is 1. The Labute approximate surface area is 107 Å². The topological polar surface area (TPSA) is 95.6 Å². The second-order valence-electron chi connectivity index (χ2n) is 4.49. The van der Waals surface area contributed by atoms with Crippen LogP contribution in [0.4, 0.5) is 5.69 Å². The molecule has 1 aromatic carbocycles. The highest BCUT2D eigenvalue weighted by Gasteiger charge is 2.29. The first-order valence-electron chi connectivity index (χ1n) is 5.88. The van der Waals surface area contributed by atoms with Crippen LogP contribution in [0, 0.1) is 6.92 Å². The smallest absolute Gasteiger partial charge is 0.253 e. The van der Waals surface area contributed by atoms with Crippen LogP contribution in [0.3, 0.4) is 0 Å². The van der Waals surface area contributed by atoms with Gasteiger partial charge < -0.3 is 21.3 Å². The summed E-state index contributed by atoms with van der Waals surface area (Å²) in [6, 6.07) is 5.16. The second-order valence-corrected chi connectivity index (χ2v) is 4.49. The number of carbonyl (C=O) groups is 1. The second kappa shape index (κ2) is 5.84. The highest BCUT2D eigenvalue weighted by Crippen LogP contribution is 2.16. The Balaban J connectivity index is 2.97. The lowest BCUT2D eigenvalue weighted by Crippen LogP contribution is -2.53. The molecule has 1 aromatic rings. The number of hydrogen-bond donors (Lipinski definition) is 4. The summed E-state index contributed by atoms with van der Waals surface area (Å²) in [7, 11) is 0. The fourth-order valence-electron chi connectivity index (χ4n) is 1.62. The van der Waals surface area contributed by atoms with Crippen LogP contribution in [0.15, 0.2) is 18.2 Å². The van der Waals surface area contributed by atoms with E-state index in [-0.39, 0.29) is 19.1 Å². The maximum absolute atomic E-state index is 12.1. The molecule has 100 valence electrons. The molecule has 0 bridgehead atoms. The molecule has 18 heavy (non-hydrogen) atoms. The minimum absolute atomic E-state index is 0.322. The zero-order chi connectivity index (χ0) is 13.8. The van der Waals surface area contributed by atoms with Crippen molar-refractivity contribution in [2.24, 2.45) is 0 Å². The molecule has 0 radical (unpaired) electrons. The van der Waals surface area contributed by atoms with Gasteiger partial charge in [0.1, 0.15) is 0 Å². The molecule has 5 nitrogen and oxygen atoms in total. The summed E-state index contributed by atoms with van der Waals surface area (Å²) in [6.07, 6.45) is 0.428. The summed E-state index contributed by atoms with van der Waals surface area (Å²) in [5.41, 5.74) is 6.39. The van der Waals surface area contributed by atoms with E-state index in [1.54, 1.807) is 19.1 Å². The zero-order valence-electron chi connectivity index (χ0n) is 10.7. The van der Waals surface area contributed by atoms with E-state index in [4.69, 9.17) is 5.73 Å². The van der Waals surface area contributed by atoms with Crippen molar-refractivity contribution >= 4 is 11.6 Å². The van der Waals surface area contributed by atoms with Gasteiger partial charge >= 0.3 is 0 Å². The molecule has 0 unspecified atom stereocenters. The molecule has 5 N–H and O–H groups in total. The van der Waals surface area contributed by atoms with Gasteiger partial charge in [-0.05, 0) is 25.5 Å². The number of nitrogen functional groups attached to an aromatic ring is 1. The van der Waals surface area contributed by atoms with E-state index in [2.05, 4.69) is 5.32 Å². The lowest BCUT2D eigenvalue weighted by atomic mass is 9.97. The third-order valence-electron chi connectivity index (χ3n) is 3.11. The lowest BCUT2D eigenvalue weighted by Gasteiger charge is -2.29. The van der Waals surface area contributed by atoms with Gasteiger partial charge in [0.15, 0.2) is 0 Å². The average molecular weight is 252 g/mol. The largest absolute Gasteiger partial charge is 0.398 e. The standard InChI is InChI=1S/C13H20N2O3/c1-3-13(7-16,8-17)15-12(18)10-6-9(2)4-5-11(10)14/h4-6,16-17H,3,7-8,14H2,1-2H3,(H,15,18). The summed E-state index contributed by atoms with van der Waals surface area (Å²) in [5.74, 6) is -0.388.